The Balaban J connectivity index is 1.66. The number of fused-ring (bicyclic) bond motifs is 1. The molecular formula is C23H19ClN4O4. The second kappa shape index (κ2) is 9.15. The Morgan fingerprint density at radius 3 is 2.31 bits per heavy atom. The van der Waals surface area contributed by atoms with Crippen LogP contribution in [-0.4, -0.2) is 39.3 Å². The fourth-order valence-corrected chi connectivity index (χ4v) is 3.60. The van der Waals surface area contributed by atoms with E-state index in [9.17, 15) is 14.4 Å². The topological polar surface area (TPSA) is 101 Å². The van der Waals surface area contributed by atoms with Gasteiger partial charge < -0.3 is 10.1 Å². The van der Waals surface area contributed by atoms with Crippen molar-refractivity contribution in [3.8, 4) is 0 Å². The van der Waals surface area contributed by atoms with Crippen molar-refractivity contribution in [3.05, 3.63) is 88.3 Å². The fraction of sp³-hybridized carbons (Fsp3) is 0.174. The number of anilines is 1. The maximum Gasteiger partial charge on any atom is 0.333 e. The summed E-state index contributed by atoms with van der Waals surface area (Å²) in [5.41, 5.74) is 1.77. The number of hydrogen-bond acceptors (Lipinski definition) is 7. The molecule has 0 saturated heterocycles. The molecule has 9 heteroatoms. The molecule has 0 saturated carbocycles. The van der Waals surface area contributed by atoms with Crippen LogP contribution in [0.1, 0.15) is 44.8 Å². The molecule has 1 N–H and O–H groups in total. The number of nitrogens with zero attached hydrogens (tertiary/aromatic N) is 3. The molecule has 32 heavy (non-hydrogen) atoms. The van der Waals surface area contributed by atoms with Gasteiger partial charge in [0, 0.05) is 11.8 Å². The Morgan fingerprint density at radius 1 is 1.06 bits per heavy atom. The summed E-state index contributed by atoms with van der Waals surface area (Å²) in [4.78, 5) is 47.5. The highest BCUT2D eigenvalue weighted by atomic mass is 35.5. The van der Waals surface area contributed by atoms with Gasteiger partial charge in [-0.15, -0.1) is 0 Å². The van der Waals surface area contributed by atoms with Gasteiger partial charge in [-0.1, -0.05) is 42.5 Å². The van der Waals surface area contributed by atoms with Crippen molar-refractivity contribution in [2.45, 2.75) is 19.5 Å². The van der Waals surface area contributed by atoms with Gasteiger partial charge in [0.25, 0.3) is 11.8 Å². The lowest BCUT2D eigenvalue weighted by Gasteiger charge is -2.21. The molecule has 8 nitrogen and oxygen atoms in total. The van der Waals surface area contributed by atoms with E-state index in [0.717, 1.165) is 4.90 Å². The average molecular weight is 451 g/mol. The van der Waals surface area contributed by atoms with Crippen LogP contribution >= 0.6 is 11.6 Å². The number of aromatic nitrogens is 2. The SMILES string of the molecule is CCOC(=O)C(Nc1nc(Cl)ncc1CN1C(=O)c2ccccc2C1=O)c1ccccc1. The Morgan fingerprint density at radius 2 is 1.69 bits per heavy atom. The normalized spacial score (nSPS) is 13.6. The van der Waals surface area contributed by atoms with E-state index in [2.05, 4.69) is 15.3 Å². The first-order valence-electron chi connectivity index (χ1n) is 9.94. The van der Waals surface area contributed by atoms with E-state index < -0.39 is 23.8 Å². The Hall–Kier alpha value is -3.78. The Labute approximate surface area is 189 Å². The summed E-state index contributed by atoms with van der Waals surface area (Å²) in [6, 6.07) is 14.8. The molecule has 3 aromatic rings. The zero-order valence-corrected chi connectivity index (χ0v) is 17.9. The van der Waals surface area contributed by atoms with Crippen LogP contribution in [0.5, 0.6) is 0 Å². The van der Waals surface area contributed by atoms with Crippen molar-refractivity contribution in [1.29, 1.82) is 0 Å². The fourth-order valence-electron chi connectivity index (χ4n) is 3.47. The molecule has 1 aliphatic heterocycles. The molecular weight excluding hydrogens is 432 g/mol. The smallest absolute Gasteiger partial charge is 0.333 e. The van der Waals surface area contributed by atoms with Crippen LogP contribution < -0.4 is 5.32 Å². The molecule has 2 heterocycles. The summed E-state index contributed by atoms with van der Waals surface area (Å²) >= 11 is 6.01. The van der Waals surface area contributed by atoms with Crippen LogP contribution in [0.2, 0.25) is 5.28 Å². The lowest BCUT2D eigenvalue weighted by Crippen LogP contribution is -2.30. The van der Waals surface area contributed by atoms with E-state index in [1.54, 1.807) is 55.5 Å². The molecule has 0 aliphatic carbocycles. The van der Waals surface area contributed by atoms with Gasteiger partial charge in [-0.25, -0.2) is 14.8 Å². The molecule has 1 aliphatic rings. The standard InChI is InChI=1S/C23H19ClN4O4/c1-2-32-22(31)18(14-8-4-3-5-9-14)26-19-15(12-25-23(24)27-19)13-28-20(29)16-10-6-7-11-17(16)21(28)30/h3-12,18H,2,13H2,1H3,(H,25,26,27). The number of halogens is 1. The van der Waals surface area contributed by atoms with Crippen LogP contribution in [0.25, 0.3) is 0 Å². The second-order valence-electron chi connectivity index (χ2n) is 6.99. The first kappa shape index (κ1) is 21.5. The van der Waals surface area contributed by atoms with Crippen LogP contribution in [-0.2, 0) is 16.1 Å². The number of carbonyl (C=O) groups is 3. The average Bonchev–Trinajstić information content (AvgIpc) is 3.04. The van der Waals surface area contributed by atoms with Crippen molar-refractivity contribution >= 4 is 35.2 Å². The minimum absolute atomic E-state index is 0.0470. The molecule has 1 atom stereocenters. The third-order valence-corrected chi connectivity index (χ3v) is 5.16. The zero-order valence-electron chi connectivity index (χ0n) is 17.1. The minimum Gasteiger partial charge on any atom is -0.464 e. The van der Waals surface area contributed by atoms with Gasteiger partial charge in [-0.2, -0.15) is 0 Å². The monoisotopic (exact) mass is 450 g/mol. The lowest BCUT2D eigenvalue weighted by atomic mass is 10.1. The maximum absolute atomic E-state index is 12.8. The number of hydrogen-bond donors (Lipinski definition) is 1. The van der Waals surface area contributed by atoms with E-state index >= 15 is 0 Å². The van der Waals surface area contributed by atoms with Gasteiger partial charge in [-0.05, 0) is 36.2 Å². The Kier molecular flexibility index (Phi) is 6.13. The number of benzene rings is 2. The van der Waals surface area contributed by atoms with Crippen LogP contribution in [0.15, 0.2) is 60.8 Å². The molecule has 0 bridgehead atoms. The number of rotatable bonds is 7. The van der Waals surface area contributed by atoms with Crippen molar-refractivity contribution in [2.24, 2.45) is 0 Å². The molecule has 2 amide bonds. The molecule has 2 aromatic carbocycles. The van der Waals surface area contributed by atoms with E-state index in [1.165, 1.54) is 6.20 Å². The van der Waals surface area contributed by atoms with E-state index in [4.69, 9.17) is 16.3 Å². The summed E-state index contributed by atoms with van der Waals surface area (Å²) < 4.78 is 5.21. The van der Waals surface area contributed by atoms with Gasteiger partial charge >= 0.3 is 5.97 Å². The zero-order chi connectivity index (χ0) is 22.7. The summed E-state index contributed by atoms with van der Waals surface area (Å²) in [6.07, 6.45) is 1.43. The van der Waals surface area contributed by atoms with Crippen molar-refractivity contribution < 1.29 is 19.1 Å². The van der Waals surface area contributed by atoms with Gasteiger partial charge in [0.2, 0.25) is 5.28 Å². The van der Waals surface area contributed by atoms with Crippen molar-refractivity contribution in [3.63, 3.8) is 0 Å². The maximum atomic E-state index is 12.8. The molecule has 1 aromatic heterocycles. The predicted molar refractivity (Wildman–Crippen MR) is 117 cm³/mol. The third kappa shape index (κ3) is 4.17. The third-order valence-electron chi connectivity index (χ3n) is 4.98. The predicted octanol–water partition coefficient (Wildman–Crippen LogP) is 3.64. The first-order chi connectivity index (χ1) is 15.5. The number of esters is 1. The Bertz CT molecular complexity index is 1150. The lowest BCUT2D eigenvalue weighted by molar-refractivity contribution is -0.144. The van der Waals surface area contributed by atoms with Crippen molar-refractivity contribution in [2.75, 3.05) is 11.9 Å². The van der Waals surface area contributed by atoms with Gasteiger partial charge in [0.1, 0.15) is 5.82 Å². The quantitative estimate of drug-likeness (QED) is 0.333. The van der Waals surface area contributed by atoms with E-state index in [-0.39, 0.29) is 24.3 Å². The molecule has 4 rings (SSSR count). The number of ether oxygens (including phenoxy) is 1. The van der Waals surface area contributed by atoms with Gasteiger partial charge in [0.15, 0.2) is 6.04 Å². The van der Waals surface area contributed by atoms with Gasteiger partial charge in [-0.3, -0.25) is 14.5 Å². The molecule has 0 fully saturated rings. The number of amides is 2. The van der Waals surface area contributed by atoms with E-state index in [1.807, 2.05) is 6.07 Å². The summed E-state index contributed by atoms with van der Waals surface area (Å²) in [6.45, 7) is 1.83. The highest BCUT2D eigenvalue weighted by Crippen LogP contribution is 2.28. The second-order valence-corrected chi connectivity index (χ2v) is 7.33. The van der Waals surface area contributed by atoms with Crippen LogP contribution in [0.4, 0.5) is 5.82 Å². The van der Waals surface area contributed by atoms with Gasteiger partial charge in [0.05, 0.1) is 24.3 Å². The molecule has 1 unspecified atom stereocenters. The molecule has 0 spiro atoms. The minimum atomic E-state index is -0.872. The highest BCUT2D eigenvalue weighted by molar-refractivity contribution is 6.28. The van der Waals surface area contributed by atoms with Crippen molar-refractivity contribution in [1.82, 2.24) is 14.9 Å². The van der Waals surface area contributed by atoms with E-state index in [0.29, 0.717) is 22.3 Å². The number of nitrogens with one attached hydrogen (secondary N) is 1. The van der Waals surface area contributed by atoms with Crippen LogP contribution in [0.3, 0.4) is 0 Å². The largest absolute Gasteiger partial charge is 0.464 e. The number of imide groups is 1. The summed E-state index contributed by atoms with van der Waals surface area (Å²) in [5.74, 6) is -1.09. The number of carbonyl (C=O) groups excluding carboxylic acids is 3. The highest BCUT2D eigenvalue weighted by Gasteiger charge is 2.36. The summed E-state index contributed by atoms with van der Waals surface area (Å²) in [5, 5.41) is 3.01. The van der Waals surface area contributed by atoms with Crippen LogP contribution in [0, 0.1) is 0 Å². The summed E-state index contributed by atoms with van der Waals surface area (Å²) in [7, 11) is 0. The first-order valence-corrected chi connectivity index (χ1v) is 10.3. The molecule has 0 radical (unpaired) electrons. The molecule has 162 valence electrons.